The average molecular weight is 596 g/mol. The van der Waals surface area contributed by atoms with E-state index in [0.29, 0.717) is 5.92 Å². The van der Waals surface area contributed by atoms with Crippen molar-refractivity contribution < 1.29 is 0 Å². The number of hydrogen-bond acceptors (Lipinski definition) is 1. The molecule has 0 N–H and O–H groups in total. The first-order valence-electron chi connectivity index (χ1n) is 16.6. The first-order valence-corrected chi connectivity index (χ1v) is 16.6. The number of fused-ring (bicyclic) bond motifs is 6. The van der Waals surface area contributed by atoms with E-state index in [1.54, 1.807) is 0 Å². The molecule has 0 unspecified atom stereocenters. The zero-order valence-corrected chi connectivity index (χ0v) is 27.7. The molecule has 6 aromatic carbocycles. The zero-order valence-electron chi connectivity index (χ0n) is 27.7. The van der Waals surface area contributed by atoms with E-state index in [4.69, 9.17) is 0 Å². The van der Waals surface area contributed by atoms with Crippen LogP contribution >= 0.6 is 0 Å². The van der Waals surface area contributed by atoms with Crippen LogP contribution in [-0.2, 0) is 10.8 Å². The van der Waals surface area contributed by atoms with Crippen LogP contribution in [-0.4, -0.2) is 0 Å². The lowest BCUT2D eigenvalue weighted by molar-refractivity contribution is 0.660. The van der Waals surface area contributed by atoms with Crippen molar-refractivity contribution in [2.24, 2.45) is 0 Å². The monoisotopic (exact) mass is 595 g/mol. The van der Waals surface area contributed by atoms with Crippen molar-refractivity contribution >= 4 is 17.1 Å². The van der Waals surface area contributed by atoms with Gasteiger partial charge in [0.25, 0.3) is 0 Å². The number of rotatable bonds is 5. The maximum absolute atomic E-state index is 2.49. The van der Waals surface area contributed by atoms with Crippen LogP contribution in [0.4, 0.5) is 17.1 Å². The van der Waals surface area contributed by atoms with Gasteiger partial charge >= 0.3 is 0 Å². The fraction of sp³-hybridized carbons (Fsp3) is 0.200. The van der Waals surface area contributed by atoms with Gasteiger partial charge in [0.05, 0.1) is 5.69 Å². The van der Waals surface area contributed by atoms with Crippen molar-refractivity contribution in [1.82, 2.24) is 0 Å². The number of anilines is 3. The average Bonchev–Trinajstić information content (AvgIpc) is 3.44. The van der Waals surface area contributed by atoms with Gasteiger partial charge in [0.1, 0.15) is 0 Å². The van der Waals surface area contributed by atoms with Crippen molar-refractivity contribution in [3.05, 3.63) is 161 Å². The predicted octanol–water partition coefficient (Wildman–Crippen LogP) is 12.6. The zero-order chi connectivity index (χ0) is 31.8. The summed E-state index contributed by atoms with van der Waals surface area (Å²) in [6.45, 7) is 14.0. The van der Waals surface area contributed by atoms with Gasteiger partial charge in [-0.3, -0.25) is 0 Å². The second-order valence-corrected chi connectivity index (χ2v) is 14.4. The lowest BCUT2D eigenvalue weighted by atomic mass is 9.82. The normalized spacial score (nSPS) is 14.8. The van der Waals surface area contributed by atoms with Crippen LogP contribution in [0, 0.1) is 0 Å². The van der Waals surface area contributed by atoms with Crippen LogP contribution in [0.1, 0.15) is 75.3 Å². The minimum Gasteiger partial charge on any atom is -0.310 e. The van der Waals surface area contributed by atoms with Gasteiger partial charge in [-0.25, -0.2) is 0 Å². The lowest BCUT2D eigenvalue weighted by Gasteiger charge is -2.31. The third-order valence-electron chi connectivity index (χ3n) is 10.7. The van der Waals surface area contributed by atoms with Gasteiger partial charge in [0, 0.05) is 27.8 Å². The Bertz CT molecular complexity index is 2020. The summed E-state index contributed by atoms with van der Waals surface area (Å²) in [5.41, 5.74) is 18.1. The number of benzene rings is 6. The van der Waals surface area contributed by atoms with Crippen LogP contribution in [0.2, 0.25) is 0 Å². The van der Waals surface area contributed by atoms with Crippen molar-refractivity contribution in [2.75, 3.05) is 4.90 Å². The fourth-order valence-electron chi connectivity index (χ4n) is 8.05. The number of hydrogen-bond donors (Lipinski definition) is 0. The fourth-order valence-corrected chi connectivity index (χ4v) is 8.05. The Labute approximate surface area is 274 Å². The number of nitrogens with zero attached hydrogens (tertiary/aromatic N) is 1. The van der Waals surface area contributed by atoms with Gasteiger partial charge in [-0.15, -0.1) is 0 Å². The summed E-state index contributed by atoms with van der Waals surface area (Å²) < 4.78 is 0. The highest BCUT2D eigenvalue weighted by molar-refractivity contribution is 5.92. The Hall–Kier alpha value is -4.88. The molecule has 2 aliphatic rings. The topological polar surface area (TPSA) is 3.24 Å². The van der Waals surface area contributed by atoms with E-state index in [-0.39, 0.29) is 10.8 Å². The van der Waals surface area contributed by atoms with Gasteiger partial charge in [0.15, 0.2) is 0 Å². The summed E-state index contributed by atoms with van der Waals surface area (Å²) in [6.07, 6.45) is 0. The maximum atomic E-state index is 2.49. The minimum atomic E-state index is -0.0820. The second kappa shape index (κ2) is 10.3. The van der Waals surface area contributed by atoms with E-state index in [2.05, 4.69) is 180 Å². The van der Waals surface area contributed by atoms with Crippen molar-refractivity contribution in [3.63, 3.8) is 0 Å². The van der Waals surface area contributed by atoms with E-state index in [1.165, 1.54) is 78.3 Å². The Morgan fingerprint density at radius 3 is 1.37 bits per heavy atom. The standard InChI is InChI=1S/C45H41N/c1-29(2)30-19-21-31(22-20-30)34-13-9-12-18-43(34)46(32-23-25-37-35-14-7-10-16-39(35)44(3,4)41(37)27-32)33-24-26-38-36-15-8-11-17-40(36)45(5,6)42(38)28-33/h7-29H,1-6H3. The Morgan fingerprint density at radius 2 is 0.870 bits per heavy atom. The summed E-state index contributed by atoms with van der Waals surface area (Å²) in [4.78, 5) is 2.49. The molecule has 0 heterocycles. The van der Waals surface area contributed by atoms with Crippen molar-refractivity contribution in [1.29, 1.82) is 0 Å². The van der Waals surface area contributed by atoms with Gasteiger partial charge in [0.2, 0.25) is 0 Å². The molecule has 0 amide bonds. The predicted molar refractivity (Wildman–Crippen MR) is 196 cm³/mol. The molecule has 1 nitrogen and oxygen atoms in total. The van der Waals surface area contributed by atoms with Crippen molar-refractivity contribution in [3.8, 4) is 33.4 Å². The first kappa shape index (κ1) is 28.6. The Balaban J connectivity index is 1.35. The molecule has 0 bridgehead atoms. The molecule has 0 saturated carbocycles. The van der Waals surface area contributed by atoms with Gasteiger partial charge < -0.3 is 4.90 Å². The van der Waals surface area contributed by atoms with Gasteiger partial charge in [-0.1, -0.05) is 145 Å². The van der Waals surface area contributed by atoms with Crippen molar-refractivity contribution in [2.45, 2.75) is 58.3 Å². The molecule has 8 rings (SSSR count). The molecule has 6 aromatic rings. The molecular formula is C45H41N. The van der Waals surface area contributed by atoms with E-state index >= 15 is 0 Å². The van der Waals surface area contributed by atoms with Crippen LogP contribution in [0.3, 0.4) is 0 Å². The lowest BCUT2D eigenvalue weighted by Crippen LogP contribution is -2.18. The summed E-state index contributed by atoms with van der Waals surface area (Å²) in [6, 6.07) is 50.1. The molecule has 0 radical (unpaired) electrons. The largest absolute Gasteiger partial charge is 0.310 e. The molecule has 0 aliphatic heterocycles. The van der Waals surface area contributed by atoms with Gasteiger partial charge in [-0.05, 0) is 91.9 Å². The highest BCUT2D eigenvalue weighted by Crippen LogP contribution is 2.53. The molecule has 0 saturated heterocycles. The van der Waals surface area contributed by atoms with E-state index in [9.17, 15) is 0 Å². The first-order chi connectivity index (χ1) is 22.2. The highest BCUT2D eigenvalue weighted by atomic mass is 15.1. The SMILES string of the molecule is CC(C)c1ccc(-c2ccccc2N(c2ccc3c(c2)C(C)(C)c2ccccc2-3)c2ccc3c(c2)C(C)(C)c2ccccc2-3)cc1. The highest BCUT2D eigenvalue weighted by Gasteiger charge is 2.37. The Morgan fingerprint density at radius 1 is 0.435 bits per heavy atom. The second-order valence-electron chi connectivity index (χ2n) is 14.4. The van der Waals surface area contributed by atoms with E-state index in [0.717, 1.165) is 0 Å². The van der Waals surface area contributed by atoms with Gasteiger partial charge in [-0.2, -0.15) is 0 Å². The molecule has 46 heavy (non-hydrogen) atoms. The molecule has 0 spiro atoms. The molecule has 2 aliphatic carbocycles. The summed E-state index contributed by atoms with van der Waals surface area (Å²) >= 11 is 0. The molecule has 226 valence electrons. The quantitative estimate of drug-likeness (QED) is 0.192. The molecule has 0 fully saturated rings. The van der Waals surface area contributed by atoms with E-state index in [1.807, 2.05) is 0 Å². The molecular weight excluding hydrogens is 555 g/mol. The molecule has 0 atom stereocenters. The Kier molecular flexibility index (Phi) is 6.41. The third-order valence-corrected chi connectivity index (χ3v) is 10.7. The number of para-hydroxylation sites is 1. The van der Waals surface area contributed by atoms with Crippen LogP contribution in [0.15, 0.2) is 133 Å². The minimum absolute atomic E-state index is 0.0820. The summed E-state index contributed by atoms with van der Waals surface area (Å²) in [5, 5.41) is 0. The maximum Gasteiger partial charge on any atom is 0.0540 e. The summed E-state index contributed by atoms with van der Waals surface area (Å²) in [7, 11) is 0. The molecule has 0 aromatic heterocycles. The van der Waals surface area contributed by atoms with Crippen LogP contribution in [0.25, 0.3) is 33.4 Å². The smallest absolute Gasteiger partial charge is 0.0540 e. The molecule has 1 heteroatoms. The van der Waals surface area contributed by atoms with Crippen LogP contribution in [0.5, 0.6) is 0 Å². The third kappa shape index (κ3) is 4.22. The van der Waals surface area contributed by atoms with Crippen LogP contribution < -0.4 is 4.90 Å². The summed E-state index contributed by atoms with van der Waals surface area (Å²) in [5.74, 6) is 0.499. The van der Waals surface area contributed by atoms with E-state index < -0.39 is 0 Å².